The van der Waals surface area contributed by atoms with Crippen LogP contribution in [0.3, 0.4) is 0 Å². The predicted molar refractivity (Wildman–Crippen MR) is 132 cm³/mol. The highest BCUT2D eigenvalue weighted by Gasteiger charge is 2.72. The lowest BCUT2D eigenvalue weighted by Gasteiger charge is -2.23. The van der Waals surface area contributed by atoms with Gasteiger partial charge in [-0.2, -0.15) is 5.10 Å². The van der Waals surface area contributed by atoms with E-state index in [1.54, 1.807) is 10.8 Å². The molecule has 5 heterocycles. The molecule has 180 valence electrons. The van der Waals surface area contributed by atoms with E-state index in [2.05, 4.69) is 26.4 Å². The van der Waals surface area contributed by atoms with Gasteiger partial charge in [-0.1, -0.05) is 25.4 Å². The van der Waals surface area contributed by atoms with Crippen molar-refractivity contribution >= 4 is 34.6 Å². The van der Waals surface area contributed by atoms with E-state index in [1.807, 2.05) is 38.2 Å². The van der Waals surface area contributed by atoms with Crippen LogP contribution in [0.2, 0.25) is 5.02 Å². The van der Waals surface area contributed by atoms with Gasteiger partial charge in [-0.15, -0.1) is 0 Å². The molecule has 0 bridgehead atoms. The Labute approximate surface area is 208 Å². The normalized spacial score (nSPS) is 28.8. The molecule has 0 radical (unpaired) electrons. The fourth-order valence-corrected chi connectivity index (χ4v) is 6.81. The number of piperidine rings is 1. The Morgan fingerprint density at radius 2 is 1.94 bits per heavy atom. The average Bonchev–Trinajstić information content (AvgIpc) is 3.35. The minimum atomic E-state index is -0.207. The van der Waals surface area contributed by atoms with Gasteiger partial charge >= 0.3 is 0 Å². The Morgan fingerprint density at radius 3 is 2.71 bits per heavy atom. The van der Waals surface area contributed by atoms with E-state index in [4.69, 9.17) is 11.6 Å². The molecule has 35 heavy (non-hydrogen) atoms. The van der Waals surface area contributed by atoms with Crippen molar-refractivity contribution in [3.63, 3.8) is 0 Å². The van der Waals surface area contributed by atoms with Crippen molar-refractivity contribution in [1.82, 2.24) is 24.8 Å². The minimum absolute atomic E-state index is 0.0584. The molecule has 2 amide bonds. The van der Waals surface area contributed by atoms with Crippen LogP contribution >= 0.6 is 11.6 Å². The summed E-state index contributed by atoms with van der Waals surface area (Å²) in [7, 11) is 0. The number of fused-ring (bicyclic) bond motifs is 3. The number of imide groups is 1. The number of halogens is 1. The van der Waals surface area contributed by atoms with Gasteiger partial charge in [-0.25, -0.2) is 9.50 Å². The van der Waals surface area contributed by atoms with E-state index in [9.17, 15) is 9.59 Å². The SMILES string of the molecule is CC1(C)C2C(=O)N(Cc3cc4c(-c5cc(Cl)ccc5N5CC6CCNC6C5)ncnn4c3)C(=O)C21. The smallest absolute Gasteiger partial charge is 0.233 e. The van der Waals surface area contributed by atoms with Gasteiger partial charge in [0, 0.05) is 41.6 Å². The molecule has 1 aliphatic carbocycles. The van der Waals surface area contributed by atoms with Crippen LogP contribution in [0.15, 0.2) is 36.8 Å². The van der Waals surface area contributed by atoms with Gasteiger partial charge in [0.25, 0.3) is 0 Å². The maximum Gasteiger partial charge on any atom is 0.233 e. The van der Waals surface area contributed by atoms with Crippen LogP contribution in [-0.4, -0.2) is 57.0 Å². The number of hydrogen-bond donors (Lipinski definition) is 1. The molecule has 4 fully saturated rings. The van der Waals surface area contributed by atoms with Gasteiger partial charge in [-0.3, -0.25) is 14.5 Å². The number of likely N-dealkylation sites (tertiary alicyclic amines) is 1. The average molecular weight is 491 g/mol. The third kappa shape index (κ3) is 3.09. The molecule has 1 N–H and O–H groups in total. The highest BCUT2D eigenvalue weighted by Crippen LogP contribution is 2.63. The van der Waals surface area contributed by atoms with Crippen molar-refractivity contribution in [3.05, 3.63) is 47.4 Å². The number of carbonyl (C=O) groups excluding carboxylic acids is 2. The van der Waals surface area contributed by atoms with Crippen molar-refractivity contribution in [2.24, 2.45) is 23.2 Å². The van der Waals surface area contributed by atoms with E-state index >= 15 is 0 Å². The summed E-state index contributed by atoms with van der Waals surface area (Å²) >= 11 is 6.45. The Morgan fingerprint density at radius 1 is 1.14 bits per heavy atom. The number of carbonyl (C=O) groups is 2. The van der Waals surface area contributed by atoms with Crippen molar-refractivity contribution in [2.45, 2.75) is 32.9 Å². The number of nitrogens with one attached hydrogen (secondary N) is 1. The first kappa shape index (κ1) is 21.3. The fourth-order valence-electron chi connectivity index (χ4n) is 6.64. The van der Waals surface area contributed by atoms with E-state index < -0.39 is 0 Å². The van der Waals surface area contributed by atoms with Gasteiger partial charge in [0.05, 0.1) is 29.6 Å². The first-order valence-corrected chi connectivity index (χ1v) is 12.7. The third-order valence-electron chi connectivity index (χ3n) is 8.61. The van der Waals surface area contributed by atoms with Crippen molar-refractivity contribution in [3.8, 4) is 11.3 Å². The number of anilines is 1. The Balaban J connectivity index is 1.24. The lowest BCUT2D eigenvalue weighted by Crippen LogP contribution is -2.35. The molecule has 8 nitrogen and oxygen atoms in total. The number of benzene rings is 1. The standard InChI is InChI=1S/C26H27ClN6O2/c1-26(2)21-22(26)25(35)32(24(21)34)9-14-7-20-23(29-13-30-33(20)10-14)17-8-16(27)3-4-19(17)31-11-15-5-6-28-18(15)12-31/h3-4,7-8,10,13,15,18,21-22,28H,5-6,9,11-12H2,1-2H3. The van der Waals surface area contributed by atoms with Gasteiger partial charge < -0.3 is 10.2 Å². The third-order valence-corrected chi connectivity index (χ3v) is 8.85. The molecule has 4 aliphatic rings. The zero-order valence-corrected chi connectivity index (χ0v) is 20.5. The molecule has 1 saturated carbocycles. The molecule has 2 aromatic heterocycles. The second-order valence-electron chi connectivity index (χ2n) is 11.0. The number of nitrogens with zero attached hydrogens (tertiary/aromatic N) is 5. The Hall–Kier alpha value is -2.97. The van der Waals surface area contributed by atoms with E-state index in [0.717, 1.165) is 47.7 Å². The van der Waals surface area contributed by atoms with Crippen molar-refractivity contribution in [1.29, 1.82) is 0 Å². The van der Waals surface area contributed by atoms with Gasteiger partial charge in [0.15, 0.2) is 0 Å². The quantitative estimate of drug-likeness (QED) is 0.566. The summed E-state index contributed by atoms with van der Waals surface area (Å²) in [5.74, 6) is 0.195. The summed E-state index contributed by atoms with van der Waals surface area (Å²) < 4.78 is 1.78. The number of aromatic nitrogens is 3. The lowest BCUT2D eigenvalue weighted by molar-refractivity contribution is -0.143. The van der Waals surface area contributed by atoms with Crippen LogP contribution in [0.1, 0.15) is 25.8 Å². The summed E-state index contributed by atoms with van der Waals surface area (Å²) in [6, 6.07) is 8.49. The highest BCUT2D eigenvalue weighted by atomic mass is 35.5. The molecule has 4 atom stereocenters. The fraction of sp³-hybridized carbons (Fsp3) is 0.462. The zero-order chi connectivity index (χ0) is 24.1. The van der Waals surface area contributed by atoms with Gasteiger partial charge in [-0.05, 0) is 54.1 Å². The number of amides is 2. The molecule has 3 aliphatic heterocycles. The second-order valence-corrected chi connectivity index (χ2v) is 11.4. The van der Waals surface area contributed by atoms with E-state index in [-0.39, 0.29) is 35.6 Å². The lowest BCUT2D eigenvalue weighted by atomic mass is 10.1. The van der Waals surface area contributed by atoms with Crippen LogP contribution < -0.4 is 10.2 Å². The summed E-state index contributed by atoms with van der Waals surface area (Å²) in [6.07, 6.45) is 4.63. The molecule has 0 spiro atoms. The van der Waals surface area contributed by atoms with Crippen LogP contribution in [0.4, 0.5) is 5.69 Å². The summed E-state index contributed by atoms with van der Waals surface area (Å²) in [5.41, 5.74) is 4.34. The molecule has 7 rings (SSSR count). The van der Waals surface area contributed by atoms with Crippen LogP contribution in [-0.2, 0) is 16.1 Å². The zero-order valence-electron chi connectivity index (χ0n) is 19.7. The maximum atomic E-state index is 12.8. The van der Waals surface area contributed by atoms with Crippen molar-refractivity contribution in [2.75, 3.05) is 24.5 Å². The monoisotopic (exact) mass is 490 g/mol. The number of rotatable bonds is 4. The summed E-state index contributed by atoms with van der Waals surface area (Å²) in [6.45, 7) is 7.32. The summed E-state index contributed by atoms with van der Waals surface area (Å²) in [5, 5.41) is 8.67. The predicted octanol–water partition coefficient (Wildman–Crippen LogP) is 2.99. The second kappa shape index (κ2) is 7.27. The highest BCUT2D eigenvalue weighted by molar-refractivity contribution is 6.31. The molecular formula is C26H27ClN6O2. The molecule has 9 heteroatoms. The number of hydrogen-bond acceptors (Lipinski definition) is 6. The Kier molecular flexibility index (Phi) is 4.43. The topological polar surface area (TPSA) is 82.8 Å². The Bertz CT molecular complexity index is 1360. The molecule has 3 aromatic rings. The van der Waals surface area contributed by atoms with E-state index in [0.29, 0.717) is 17.0 Å². The first-order valence-electron chi connectivity index (χ1n) is 12.3. The molecule has 4 unspecified atom stereocenters. The largest absolute Gasteiger partial charge is 0.369 e. The molecular weight excluding hydrogens is 464 g/mol. The van der Waals surface area contributed by atoms with E-state index in [1.165, 1.54) is 11.3 Å². The van der Waals surface area contributed by atoms with Crippen LogP contribution in [0.25, 0.3) is 16.8 Å². The van der Waals surface area contributed by atoms with Crippen LogP contribution in [0.5, 0.6) is 0 Å². The maximum absolute atomic E-state index is 12.8. The van der Waals surface area contributed by atoms with Crippen LogP contribution in [0, 0.1) is 23.2 Å². The molecule has 3 saturated heterocycles. The molecule has 1 aromatic carbocycles. The van der Waals surface area contributed by atoms with Crippen molar-refractivity contribution < 1.29 is 9.59 Å². The van der Waals surface area contributed by atoms with Gasteiger partial charge in [0.2, 0.25) is 11.8 Å². The first-order chi connectivity index (χ1) is 16.8. The summed E-state index contributed by atoms with van der Waals surface area (Å²) in [4.78, 5) is 34.2. The minimum Gasteiger partial charge on any atom is -0.369 e. The van der Waals surface area contributed by atoms with Gasteiger partial charge in [0.1, 0.15) is 6.33 Å².